The lowest BCUT2D eigenvalue weighted by atomic mass is 9.73. The van der Waals surface area contributed by atoms with Crippen molar-refractivity contribution in [3.63, 3.8) is 0 Å². The second-order valence-corrected chi connectivity index (χ2v) is 8.95. The third-order valence-electron chi connectivity index (χ3n) is 7.03. The minimum atomic E-state index is -0.782. The normalized spacial score (nSPS) is 32.3. The highest BCUT2D eigenvalue weighted by atomic mass is 16.2. The van der Waals surface area contributed by atoms with Crippen LogP contribution in [-0.2, 0) is 9.59 Å². The second-order valence-electron chi connectivity index (χ2n) is 8.95. The van der Waals surface area contributed by atoms with Crippen molar-refractivity contribution < 1.29 is 14.4 Å². The summed E-state index contributed by atoms with van der Waals surface area (Å²) in [7, 11) is 0. The minimum Gasteiger partial charge on any atom is -0.341 e. The molecule has 2 aliphatic heterocycles. The fourth-order valence-corrected chi connectivity index (χ4v) is 4.86. The van der Waals surface area contributed by atoms with Gasteiger partial charge in [-0.25, -0.2) is 4.79 Å². The molecule has 0 aromatic carbocycles. The first-order valence-electron chi connectivity index (χ1n) is 10.6. The number of imide groups is 1. The maximum Gasteiger partial charge on any atom is 0.325 e. The number of amides is 4. The first-order valence-corrected chi connectivity index (χ1v) is 10.6. The van der Waals surface area contributed by atoms with Gasteiger partial charge in [0.05, 0.1) is 0 Å². The molecule has 0 aromatic rings. The summed E-state index contributed by atoms with van der Waals surface area (Å²) in [5.74, 6) is 0.670. The Hall–Kier alpha value is -1.63. The predicted octanol–water partition coefficient (Wildman–Crippen LogP) is 1.48. The monoisotopic (exact) mass is 376 g/mol. The van der Waals surface area contributed by atoms with Crippen molar-refractivity contribution in [3.05, 3.63) is 0 Å². The number of hydrogen-bond donors (Lipinski definition) is 2. The van der Waals surface area contributed by atoms with Gasteiger partial charge in [0.25, 0.3) is 5.91 Å². The number of carbonyl (C=O) groups is 3. The molecular formula is C20H32N4O3. The molecule has 2 aliphatic carbocycles. The van der Waals surface area contributed by atoms with Crippen molar-refractivity contribution in [2.45, 2.75) is 69.9 Å². The topological polar surface area (TPSA) is 81.8 Å². The molecule has 2 saturated heterocycles. The van der Waals surface area contributed by atoms with E-state index in [2.05, 4.69) is 10.6 Å². The first kappa shape index (κ1) is 18.7. The Morgan fingerprint density at radius 3 is 2.56 bits per heavy atom. The Kier molecular flexibility index (Phi) is 5.14. The van der Waals surface area contributed by atoms with Crippen LogP contribution in [0.2, 0.25) is 0 Å². The first-order chi connectivity index (χ1) is 13.0. The van der Waals surface area contributed by atoms with E-state index in [1.807, 2.05) is 11.8 Å². The van der Waals surface area contributed by atoms with Crippen molar-refractivity contribution in [1.29, 1.82) is 0 Å². The van der Waals surface area contributed by atoms with Crippen LogP contribution in [0.4, 0.5) is 4.79 Å². The predicted molar refractivity (Wildman–Crippen MR) is 101 cm³/mol. The van der Waals surface area contributed by atoms with E-state index in [0.29, 0.717) is 25.6 Å². The Balaban J connectivity index is 1.30. The summed E-state index contributed by atoms with van der Waals surface area (Å²) in [6, 6.07) is 0.0841. The fraction of sp³-hybridized carbons (Fsp3) is 0.850. The minimum absolute atomic E-state index is 0.111. The molecule has 0 radical (unpaired) electrons. The van der Waals surface area contributed by atoms with Gasteiger partial charge in [-0.2, -0.15) is 0 Å². The number of urea groups is 1. The summed E-state index contributed by atoms with van der Waals surface area (Å²) >= 11 is 0. The summed E-state index contributed by atoms with van der Waals surface area (Å²) in [5.41, 5.74) is -0.782. The van der Waals surface area contributed by atoms with E-state index in [9.17, 15) is 14.4 Å². The van der Waals surface area contributed by atoms with Crippen LogP contribution in [0.1, 0.15) is 58.3 Å². The van der Waals surface area contributed by atoms with Crippen LogP contribution in [0.5, 0.6) is 0 Å². The molecule has 2 N–H and O–H groups in total. The molecule has 2 atom stereocenters. The summed E-state index contributed by atoms with van der Waals surface area (Å²) in [5, 5.41) is 6.53. The average Bonchev–Trinajstić information content (AvgIpc) is 3.47. The van der Waals surface area contributed by atoms with Gasteiger partial charge in [0.2, 0.25) is 5.91 Å². The van der Waals surface area contributed by atoms with E-state index in [1.54, 1.807) is 0 Å². The van der Waals surface area contributed by atoms with Gasteiger partial charge in [-0.15, -0.1) is 0 Å². The molecule has 0 bridgehead atoms. The molecule has 27 heavy (non-hydrogen) atoms. The zero-order valence-corrected chi connectivity index (χ0v) is 16.3. The van der Waals surface area contributed by atoms with Crippen LogP contribution < -0.4 is 10.6 Å². The van der Waals surface area contributed by atoms with Crippen molar-refractivity contribution in [2.75, 3.05) is 26.2 Å². The van der Waals surface area contributed by atoms with Crippen LogP contribution in [0, 0.1) is 11.8 Å². The summed E-state index contributed by atoms with van der Waals surface area (Å²) < 4.78 is 0. The molecule has 2 heterocycles. The van der Waals surface area contributed by atoms with Gasteiger partial charge in [-0.05, 0) is 56.9 Å². The Morgan fingerprint density at radius 1 is 1.15 bits per heavy atom. The van der Waals surface area contributed by atoms with Crippen molar-refractivity contribution in [2.24, 2.45) is 11.8 Å². The van der Waals surface area contributed by atoms with Crippen LogP contribution in [0.3, 0.4) is 0 Å². The molecule has 7 heteroatoms. The quantitative estimate of drug-likeness (QED) is 0.712. The van der Waals surface area contributed by atoms with Gasteiger partial charge < -0.3 is 15.5 Å². The van der Waals surface area contributed by atoms with Gasteiger partial charge >= 0.3 is 6.03 Å². The van der Waals surface area contributed by atoms with Gasteiger partial charge in [0.1, 0.15) is 12.1 Å². The molecular weight excluding hydrogens is 344 g/mol. The third kappa shape index (κ3) is 3.71. The highest BCUT2D eigenvalue weighted by molar-refractivity contribution is 6.09. The highest BCUT2D eigenvalue weighted by Gasteiger charge is 2.55. The number of hydrogen-bond acceptors (Lipinski definition) is 4. The smallest absolute Gasteiger partial charge is 0.325 e. The largest absolute Gasteiger partial charge is 0.341 e. The van der Waals surface area contributed by atoms with Crippen LogP contribution >= 0.6 is 0 Å². The Morgan fingerprint density at radius 2 is 1.89 bits per heavy atom. The van der Waals surface area contributed by atoms with E-state index in [0.717, 1.165) is 49.5 Å². The third-order valence-corrected chi connectivity index (χ3v) is 7.03. The Bertz CT molecular complexity index is 612. The molecule has 2 saturated carbocycles. The molecule has 4 rings (SSSR count). The standard InChI is InChI=1S/C20H32N4O3/c1-14-4-2-3-9-20(14)18(26)24(19(27)22-20)13-17(25)23-10-7-16(8-11-23)21-12-15-5-6-15/h14-16,21H,2-13H2,1H3,(H,22,27). The molecule has 1 spiro atoms. The molecule has 4 aliphatic rings. The van der Waals surface area contributed by atoms with Crippen LogP contribution in [0.25, 0.3) is 0 Å². The molecule has 0 aromatic heterocycles. The van der Waals surface area contributed by atoms with Crippen LogP contribution in [0.15, 0.2) is 0 Å². The summed E-state index contributed by atoms with van der Waals surface area (Å²) in [6.07, 6.45) is 8.23. The number of nitrogens with zero attached hydrogens (tertiary/aromatic N) is 2. The van der Waals surface area contributed by atoms with Gasteiger partial charge in [-0.1, -0.05) is 19.8 Å². The molecule has 150 valence electrons. The zero-order valence-electron chi connectivity index (χ0n) is 16.3. The van der Waals surface area contributed by atoms with Crippen molar-refractivity contribution >= 4 is 17.8 Å². The lowest BCUT2D eigenvalue weighted by Gasteiger charge is -2.37. The summed E-state index contributed by atoms with van der Waals surface area (Å²) in [6.45, 7) is 4.40. The second kappa shape index (κ2) is 7.41. The molecule has 7 nitrogen and oxygen atoms in total. The van der Waals surface area contributed by atoms with E-state index in [4.69, 9.17) is 0 Å². The summed E-state index contributed by atoms with van der Waals surface area (Å²) in [4.78, 5) is 41.1. The maximum atomic E-state index is 13.0. The van der Waals surface area contributed by atoms with Crippen molar-refractivity contribution in [1.82, 2.24) is 20.4 Å². The van der Waals surface area contributed by atoms with Gasteiger partial charge in [-0.3, -0.25) is 14.5 Å². The average molecular weight is 377 g/mol. The molecule has 2 unspecified atom stereocenters. The number of likely N-dealkylation sites (tertiary alicyclic amines) is 1. The lowest BCUT2D eigenvalue weighted by Crippen LogP contribution is -2.54. The maximum absolute atomic E-state index is 13.0. The zero-order chi connectivity index (χ0) is 19.0. The fourth-order valence-electron chi connectivity index (χ4n) is 4.86. The molecule has 4 fully saturated rings. The molecule has 4 amide bonds. The highest BCUT2D eigenvalue weighted by Crippen LogP contribution is 2.38. The van der Waals surface area contributed by atoms with Crippen LogP contribution in [-0.4, -0.2) is 65.4 Å². The SMILES string of the molecule is CC1CCCCC12NC(=O)N(CC(=O)N1CCC(NCC3CC3)CC1)C2=O. The van der Waals surface area contributed by atoms with E-state index >= 15 is 0 Å². The number of nitrogens with one attached hydrogen (secondary N) is 2. The van der Waals surface area contributed by atoms with E-state index in [-0.39, 0.29) is 24.3 Å². The van der Waals surface area contributed by atoms with Gasteiger partial charge in [0, 0.05) is 19.1 Å². The van der Waals surface area contributed by atoms with E-state index < -0.39 is 11.6 Å². The number of carbonyl (C=O) groups excluding carboxylic acids is 3. The van der Waals surface area contributed by atoms with Gasteiger partial charge in [0.15, 0.2) is 0 Å². The van der Waals surface area contributed by atoms with Crippen molar-refractivity contribution in [3.8, 4) is 0 Å². The Labute approximate surface area is 161 Å². The number of piperidine rings is 1. The van der Waals surface area contributed by atoms with E-state index in [1.165, 1.54) is 12.8 Å². The lowest BCUT2D eigenvalue weighted by molar-refractivity contribution is -0.141. The number of rotatable bonds is 5.